The van der Waals surface area contributed by atoms with Crippen LogP contribution in [0.4, 0.5) is 4.39 Å². The molecule has 1 unspecified atom stereocenters. The van der Waals surface area contributed by atoms with Crippen LogP contribution in [0.3, 0.4) is 0 Å². The molecule has 94 valence electrons. The maximum atomic E-state index is 13.5. The van der Waals surface area contributed by atoms with Gasteiger partial charge in [-0.2, -0.15) is 0 Å². The fourth-order valence-corrected chi connectivity index (χ4v) is 1.35. The molecule has 4 nitrogen and oxygen atoms in total. The Bertz CT molecular complexity index is 395. The highest BCUT2D eigenvalue weighted by Gasteiger charge is 2.18. The standard InChI is InChI=1S/C12H16FNO3/c1-3-16-10-6-5-8(7-9(10)13)11(14)12(15)17-4-2/h5-7,11H,3-4,14H2,1-2H3. The van der Waals surface area contributed by atoms with Gasteiger partial charge in [0.15, 0.2) is 11.6 Å². The van der Waals surface area contributed by atoms with Crippen LogP contribution in [0, 0.1) is 5.82 Å². The molecular formula is C12H16FNO3. The zero-order chi connectivity index (χ0) is 12.8. The molecule has 1 aromatic rings. The van der Waals surface area contributed by atoms with Gasteiger partial charge in [-0.3, -0.25) is 0 Å². The minimum atomic E-state index is -0.972. The molecule has 0 spiro atoms. The number of rotatable bonds is 5. The summed E-state index contributed by atoms with van der Waals surface area (Å²) in [5.74, 6) is -0.965. The molecule has 0 aliphatic rings. The van der Waals surface area contributed by atoms with Gasteiger partial charge in [0.2, 0.25) is 0 Å². The van der Waals surface area contributed by atoms with Gasteiger partial charge in [0.1, 0.15) is 6.04 Å². The van der Waals surface area contributed by atoms with Crippen molar-refractivity contribution in [3.8, 4) is 5.75 Å². The average molecular weight is 241 g/mol. The maximum absolute atomic E-state index is 13.5. The van der Waals surface area contributed by atoms with Crippen molar-refractivity contribution in [3.63, 3.8) is 0 Å². The molecule has 0 aliphatic heterocycles. The molecule has 1 rings (SSSR count). The van der Waals surface area contributed by atoms with E-state index in [9.17, 15) is 9.18 Å². The third kappa shape index (κ3) is 3.42. The largest absolute Gasteiger partial charge is 0.491 e. The highest BCUT2D eigenvalue weighted by molar-refractivity contribution is 5.77. The molecule has 0 heterocycles. The van der Waals surface area contributed by atoms with E-state index < -0.39 is 17.8 Å². The average Bonchev–Trinajstić information content (AvgIpc) is 2.31. The second-order valence-corrected chi connectivity index (χ2v) is 3.35. The van der Waals surface area contributed by atoms with E-state index in [2.05, 4.69) is 0 Å². The number of carbonyl (C=O) groups excluding carboxylic acids is 1. The highest BCUT2D eigenvalue weighted by Crippen LogP contribution is 2.21. The number of hydrogen-bond acceptors (Lipinski definition) is 4. The van der Waals surface area contributed by atoms with E-state index in [1.807, 2.05) is 0 Å². The van der Waals surface area contributed by atoms with Crippen LogP contribution in [0.15, 0.2) is 18.2 Å². The summed E-state index contributed by atoms with van der Waals surface area (Å²) < 4.78 is 23.3. The van der Waals surface area contributed by atoms with Crippen LogP contribution in [0.1, 0.15) is 25.5 Å². The Hall–Kier alpha value is -1.62. The molecule has 0 radical (unpaired) electrons. The van der Waals surface area contributed by atoms with Crippen molar-refractivity contribution in [2.24, 2.45) is 5.73 Å². The van der Waals surface area contributed by atoms with E-state index in [0.29, 0.717) is 12.2 Å². The van der Waals surface area contributed by atoms with Crippen molar-refractivity contribution in [1.82, 2.24) is 0 Å². The first-order valence-electron chi connectivity index (χ1n) is 5.44. The predicted octanol–water partition coefficient (Wildman–Crippen LogP) is 1.79. The lowest BCUT2D eigenvalue weighted by atomic mass is 10.1. The Labute approximate surface area is 99.5 Å². The van der Waals surface area contributed by atoms with Crippen LogP contribution in [0.5, 0.6) is 5.75 Å². The van der Waals surface area contributed by atoms with Crippen LogP contribution in [-0.2, 0) is 9.53 Å². The van der Waals surface area contributed by atoms with Crippen LogP contribution in [-0.4, -0.2) is 19.2 Å². The third-order valence-electron chi connectivity index (χ3n) is 2.16. The second-order valence-electron chi connectivity index (χ2n) is 3.35. The third-order valence-corrected chi connectivity index (χ3v) is 2.16. The van der Waals surface area contributed by atoms with E-state index in [1.54, 1.807) is 19.9 Å². The summed E-state index contributed by atoms with van der Waals surface area (Å²) in [6.07, 6.45) is 0. The molecule has 17 heavy (non-hydrogen) atoms. The minimum Gasteiger partial charge on any atom is -0.491 e. The summed E-state index contributed by atoms with van der Waals surface area (Å²) in [5.41, 5.74) is 6.00. The first-order valence-corrected chi connectivity index (χ1v) is 5.44. The quantitative estimate of drug-likeness (QED) is 0.798. The highest BCUT2D eigenvalue weighted by atomic mass is 19.1. The van der Waals surface area contributed by atoms with Gasteiger partial charge in [-0.15, -0.1) is 0 Å². The lowest BCUT2D eigenvalue weighted by molar-refractivity contribution is -0.144. The summed E-state index contributed by atoms with van der Waals surface area (Å²) in [6.45, 7) is 4.06. The number of nitrogens with two attached hydrogens (primary N) is 1. The Morgan fingerprint density at radius 3 is 2.65 bits per heavy atom. The number of carbonyl (C=O) groups is 1. The van der Waals surface area contributed by atoms with E-state index >= 15 is 0 Å². The van der Waals surface area contributed by atoms with Gasteiger partial charge in [0, 0.05) is 0 Å². The molecule has 0 aliphatic carbocycles. The molecule has 2 N–H and O–H groups in total. The second kappa shape index (κ2) is 6.20. The maximum Gasteiger partial charge on any atom is 0.327 e. The molecule has 1 aromatic carbocycles. The molecule has 0 saturated carbocycles. The van der Waals surface area contributed by atoms with Crippen LogP contribution in [0.2, 0.25) is 0 Å². The van der Waals surface area contributed by atoms with Crippen LogP contribution < -0.4 is 10.5 Å². The lowest BCUT2D eigenvalue weighted by Gasteiger charge is -2.12. The zero-order valence-electron chi connectivity index (χ0n) is 9.90. The topological polar surface area (TPSA) is 61.5 Å². The fourth-order valence-electron chi connectivity index (χ4n) is 1.35. The zero-order valence-corrected chi connectivity index (χ0v) is 9.90. The summed E-state index contributed by atoms with van der Waals surface area (Å²) >= 11 is 0. The monoisotopic (exact) mass is 241 g/mol. The predicted molar refractivity (Wildman–Crippen MR) is 61.1 cm³/mol. The summed E-state index contributed by atoms with van der Waals surface area (Å²) in [7, 11) is 0. The molecular weight excluding hydrogens is 225 g/mol. The van der Waals surface area contributed by atoms with E-state index in [4.69, 9.17) is 15.2 Å². The van der Waals surface area contributed by atoms with Crippen molar-refractivity contribution in [2.75, 3.05) is 13.2 Å². The Kier molecular flexibility index (Phi) is 4.90. The normalized spacial score (nSPS) is 12.0. The van der Waals surface area contributed by atoms with Gasteiger partial charge < -0.3 is 15.2 Å². The van der Waals surface area contributed by atoms with Gasteiger partial charge in [-0.05, 0) is 31.5 Å². The summed E-state index contributed by atoms with van der Waals surface area (Å²) in [5, 5.41) is 0. The number of ether oxygens (including phenoxy) is 2. The molecule has 0 fully saturated rings. The van der Waals surface area contributed by atoms with Crippen LogP contribution in [0.25, 0.3) is 0 Å². The van der Waals surface area contributed by atoms with Crippen molar-refractivity contribution in [3.05, 3.63) is 29.6 Å². The number of halogens is 1. The van der Waals surface area contributed by atoms with Gasteiger partial charge >= 0.3 is 5.97 Å². The van der Waals surface area contributed by atoms with Crippen molar-refractivity contribution < 1.29 is 18.7 Å². The molecule has 0 saturated heterocycles. The number of hydrogen-bond donors (Lipinski definition) is 1. The van der Waals surface area contributed by atoms with E-state index in [-0.39, 0.29) is 12.4 Å². The van der Waals surface area contributed by atoms with Gasteiger partial charge in [-0.1, -0.05) is 6.07 Å². The molecule has 0 bridgehead atoms. The van der Waals surface area contributed by atoms with E-state index in [1.165, 1.54) is 12.1 Å². The Morgan fingerprint density at radius 1 is 1.41 bits per heavy atom. The smallest absolute Gasteiger partial charge is 0.327 e. The molecule has 0 aromatic heterocycles. The number of benzene rings is 1. The SMILES string of the molecule is CCOC(=O)C(N)c1ccc(OCC)c(F)c1. The summed E-state index contributed by atoms with van der Waals surface area (Å²) in [4.78, 5) is 11.4. The van der Waals surface area contributed by atoms with Gasteiger partial charge in [-0.25, -0.2) is 9.18 Å². The van der Waals surface area contributed by atoms with E-state index in [0.717, 1.165) is 0 Å². The molecule has 5 heteroatoms. The summed E-state index contributed by atoms with van der Waals surface area (Å²) in [6, 6.07) is 3.22. The first-order chi connectivity index (χ1) is 8.10. The Balaban J connectivity index is 2.85. The molecule has 0 amide bonds. The molecule has 1 atom stereocenters. The van der Waals surface area contributed by atoms with Crippen molar-refractivity contribution >= 4 is 5.97 Å². The fraction of sp³-hybridized carbons (Fsp3) is 0.417. The first kappa shape index (κ1) is 13.4. The van der Waals surface area contributed by atoms with Gasteiger partial charge in [0.25, 0.3) is 0 Å². The van der Waals surface area contributed by atoms with Gasteiger partial charge in [0.05, 0.1) is 13.2 Å². The lowest BCUT2D eigenvalue weighted by Crippen LogP contribution is -2.23. The Morgan fingerprint density at radius 2 is 2.12 bits per heavy atom. The van der Waals surface area contributed by atoms with Crippen molar-refractivity contribution in [1.29, 1.82) is 0 Å². The van der Waals surface area contributed by atoms with Crippen molar-refractivity contribution in [2.45, 2.75) is 19.9 Å². The minimum absolute atomic E-state index is 0.146. The number of esters is 1. The van der Waals surface area contributed by atoms with Crippen LogP contribution >= 0.6 is 0 Å².